The fraction of sp³-hybridized carbons (Fsp3) is 0.500. The number of halogens is 2. The highest BCUT2D eigenvalue weighted by atomic mass is 35.5. The molecule has 0 unspecified atom stereocenters. The number of alkyl halides is 1. The van der Waals surface area contributed by atoms with Crippen LogP contribution in [0.3, 0.4) is 0 Å². The van der Waals surface area contributed by atoms with Gasteiger partial charge in [0.1, 0.15) is 0 Å². The van der Waals surface area contributed by atoms with Gasteiger partial charge in [0.15, 0.2) is 0 Å². The van der Waals surface area contributed by atoms with Gasteiger partial charge >= 0.3 is 0 Å². The Kier molecular flexibility index (Phi) is 12.5. The first-order valence-corrected chi connectivity index (χ1v) is 7.31. The topological polar surface area (TPSA) is 60.2 Å². The van der Waals surface area contributed by atoms with Gasteiger partial charge in [-0.15, -0.1) is 12.4 Å². The van der Waals surface area contributed by atoms with Crippen molar-refractivity contribution < 1.29 is 12.8 Å². The van der Waals surface area contributed by atoms with Crippen molar-refractivity contribution in [1.82, 2.24) is 0 Å². The molecule has 0 amide bonds. The average Bonchev–Trinajstić information content (AvgIpc) is 2.26. The largest absolute Gasteiger partial charge is 0.251 e. The van der Waals surface area contributed by atoms with Gasteiger partial charge in [-0.25, -0.2) is 13.6 Å². The molecular formula is C12H21ClFNO2S. The van der Waals surface area contributed by atoms with Gasteiger partial charge in [0.05, 0.1) is 12.4 Å². The first kappa shape index (κ1) is 19.7. The summed E-state index contributed by atoms with van der Waals surface area (Å²) in [5, 5.41) is 4.84. The zero-order valence-electron chi connectivity index (χ0n) is 10.5. The van der Waals surface area contributed by atoms with Crippen molar-refractivity contribution in [1.29, 1.82) is 0 Å². The van der Waals surface area contributed by atoms with E-state index in [1.54, 1.807) is 24.3 Å². The van der Waals surface area contributed by atoms with Gasteiger partial charge in [-0.05, 0) is 12.0 Å². The first-order valence-electron chi connectivity index (χ1n) is 5.60. The van der Waals surface area contributed by atoms with Gasteiger partial charge < -0.3 is 0 Å². The molecule has 0 bridgehead atoms. The van der Waals surface area contributed by atoms with E-state index in [2.05, 4.69) is 6.92 Å². The van der Waals surface area contributed by atoms with Gasteiger partial charge in [0.2, 0.25) is 10.0 Å². The fourth-order valence-corrected chi connectivity index (χ4v) is 1.81. The van der Waals surface area contributed by atoms with Crippen LogP contribution in [0.2, 0.25) is 0 Å². The van der Waals surface area contributed by atoms with Crippen LogP contribution in [-0.2, 0) is 15.8 Å². The summed E-state index contributed by atoms with van der Waals surface area (Å²) >= 11 is 0. The predicted octanol–water partition coefficient (Wildman–Crippen LogP) is 3.04. The molecule has 106 valence electrons. The minimum absolute atomic E-state index is 0. The lowest BCUT2D eigenvalue weighted by Crippen LogP contribution is -2.14. The Morgan fingerprint density at radius 1 is 1.17 bits per heavy atom. The van der Waals surface area contributed by atoms with Gasteiger partial charge in [-0.2, -0.15) is 0 Å². The van der Waals surface area contributed by atoms with E-state index in [-0.39, 0.29) is 24.8 Å². The van der Waals surface area contributed by atoms with Crippen LogP contribution in [0.5, 0.6) is 0 Å². The van der Waals surface area contributed by atoms with E-state index in [9.17, 15) is 12.8 Å². The molecular weight excluding hydrogens is 277 g/mol. The molecule has 0 saturated heterocycles. The molecule has 3 nitrogen and oxygen atoms in total. The Hall–Kier alpha value is -0.650. The molecule has 1 aromatic carbocycles. The summed E-state index contributed by atoms with van der Waals surface area (Å²) < 4.78 is 32.3. The predicted molar refractivity (Wildman–Crippen MR) is 76.0 cm³/mol. The maximum atomic E-state index is 11.2. The quantitative estimate of drug-likeness (QED) is 0.849. The molecule has 0 radical (unpaired) electrons. The Bertz CT molecular complexity index is 380. The van der Waals surface area contributed by atoms with E-state index >= 15 is 0 Å². The summed E-state index contributed by atoms with van der Waals surface area (Å²) in [6.45, 7) is 1.92. The molecule has 6 heteroatoms. The van der Waals surface area contributed by atoms with Crippen molar-refractivity contribution in [2.45, 2.75) is 31.9 Å². The third-order valence-corrected chi connectivity index (χ3v) is 2.68. The van der Waals surface area contributed by atoms with Crippen LogP contribution in [0, 0.1) is 0 Å². The number of rotatable bonds is 5. The fourth-order valence-electron chi connectivity index (χ4n) is 1.15. The first-order chi connectivity index (χ1) is 7.99. The Balaban J connectivity index is 0. The van der Waals surface area contributed by atoms with Crippen molar-refractivity contribution in [2.24, 2.45) is 5.14 Å². The highest BCUT2D eigenvalue weighted by Crippen LogP contribution is 2.01. The summed E-state index contributed by atoms with van der Waals surface area (Å²) in [5.74, 6) is -0.0894. The smallest absolute Gasteiger partial charge is 0.213 e. The number of hydrogen-bond donors (Lipinski definition) is 1. The Labute approximate surface area is 115 Å². The second-order valence-corrected chi connectivity index (χ2v) is 5.30. The third-order valence-electron chi connectivity index (χ3n) is 1.95. The number of nitrogens with two attached hydrogens (primary N) is 1. The number of primary sulfonamides is 1. The minimum atomic E-state index is -3.38. The monoisotopic (exact) mass is 297 g/mol. The molecule has 0 aromatic heterocycles. The molecule has 0 aliphatic heterocycles. The van der Waals surface area contributed by atoms with E-state index in [1.165, 1.54) is 0 Å². The van der Waals surface area contributed by atoms with E-state index in [4.69, 9.17) is 5.14 Å². The van der Waals surface area contributed by atoms with Gasteiger partial charge in [-0.1, -0.05) is 50.1 Å². The van der Waals surface area contributed by atoms with Crippen molar-refractivity contribution >= 4 is 22.4 Å². The lowest BCUT2D eigenvalue weighted by molar-refractivity contribution is 0.460. The van der Waals surface area contributed by atoms with E-state index < -0.39 is 10.0 Å². The number of unbranched alkanes of at least 4 members (excludes halogenated alkanes) is 2. The van der Waals surface area contributed by atoms with Crippen LogP contribution in [0.1, 0.15) is 31.7 Å². The average molecular weight is 298 g/mol. The highest BCUT2D eigenvalue weighted by Gasteiger charge is 2.02. The van der Waals surface area contributed by atoms with Gasteiger partial charge in [0, 0.05) is 0 Å². The molecule has 0 atom stereocenters. The summed E-state index contributed by atoms with van der Waals surface area (Å²) in [5.41, 5.74) is 0.718. The molecule has 2 N–H and O–H groups in total. The minimum Gasteiger partial charge on any atom is -0.251 e. The van der Waals surface area contributed by atoms with Crippen LogP contribution in [0.4, 0.5) is 4.39 Å². The number of benzene rings is 1. The second kappa shape index (κ2) is 11.4. The molecule has 0 fully saturated rings. The molecule has 1 aromatic rings. The zero-order chi connectivity index (χ0) is 13.1. The van der Waals surface area contributed by atoms with E-state index in [0.717, 1.165) is 24.8 Å². The maximum absolute atomic E-state index is 11.2. The number of sulfonamides is 1. The van der Waals surface area contributed by atoms with Crippen LogP contribution >= 0.6 is 12.4 Å². The Morgan fingerprint density at radius 2 is 1.72 bits per heavy atom. The van der Waals surface area contributed by atoms with Crippen LogP contribution in [0.25, 0.3) is 0 Å². The van der Waals surface area contributed by atoms with Crippen molar-refractivity contribution in [3.63, 3.8) is 0 Å². The third kappa shape index (κ3) is 13.4. The molecule has 0 aliphatic rings. The molecule has 0 spiro atoms. The lowest BCUT2D eigenvalue weighted by atomic mass is 10.2. The van der Waals surface area contributed by atoms with Gasteiger partial charge in [0.25, 0.3) is 0 Å². The van der Waals surface area contributed by atoms with Crippen molar-refractivity contribution in [2.75, 3.05) is 6.67 Å². The standard InChI is InChI=1S/C7H9NO2S.C5H11F.ClH/c8-11(9,10)6-7-4-2-1-3-5-7;1-2-3-4-5-6;/h1-5H,6H2,(H2,8,9,10);2-5H2,1H3;1H. The molecule has 1 rings (SSSR count). The summed E-state index contributed by atoms with van der Waals surface area (Å²) in [6.07, 6.45) is 2.90. The van der Waals surface area contributed by atoms with Crippen LogP contribution in [0.15, 0.2) is 30.3 Å². The van der Waals surface area contributed by atoms with E-state index in [1.807, 2.05) is 6.07 Å². The summed E-state index contributed by atoms with van der Waals surface area (Å²) in [7, 11) is -3.38. The lowest BCUT2D eigenvalue weighted by Gasteiger charge is -1.96. The molecule has 18 heavy (non-hydrogen) atoms. The SMILES string of the molecule is CCCCCF.Cl.NS(=O)(=O)Cc1ccccc1. The molecule has 0 heterocycles. The van der Waals surface area contributed by atoms with Crippen molar-refractivity contribution in [3.8, 4) is 0 Å². The summed E-state index contributed by atoms with van der Waals surface area (Å²) in [4.78, 5) is 0. The molecule has 0 aliphatic carbocycles. The zero-order valence-corrected chi connectivity index (χ0v) is 12.1. The Morgan fingerprint density at radius 3 is 2.06 bits per heavy atom. The van der Waals surface area contributed by atoms with Crippen molar-refractivity contribution in [3.05, 3.63) is 35.9 Å². The summed E-state index contributed by atoms with van der Waals surface area (Å²) in [6, 6.07) is 8.84. The number of hydrogen-bond acceptors (Lipinski definition) is 2. The van der Waals surface area contributed by atoms with Crippen LogP contribution < -0.4 is 5.14 Å². The highest BCUT2D eigenvalue weighted by molar-refractivity contribution is 7.88. The van der Waals surface area contributed by atoms with Gasteiger partial charge in [-0.3, -0.25) is 4.39 Å². The van der Waals surface area contributed by atoms with Crippen LogP contribution in [-0.4, -0.2) is 15.1 Å². The maximum Gasteiger partial charge on any atom is 0.213 e. The van der Waals surface area contributed by atoms with E-state index in [0.29, 0.717) is 0 Å². The normalized spacial score (nSPS) is 9.94. The molecule has 0 saturated carbocycles. The second-order valence-electron chi connectivity index (χ2n) is 3.69.